The van der Waals surface area contributed by atoms with Crippen molar-refractivity contribution in [3.63, 3.8) is 0 Å². The van der Waals surface area contributed by atoms with E-state index < -0.39 is 15.9 Å². The molecule has 0 aromatic heterocycles. The molecule has 1 aliphatic heterocycles. The Labute approximate surface area is 152 Å². The number of aliphatic hydroxyl groups is 1. The number of benzene rings is 1. The van der Waals surface area contributed by atoms with Gasteiger partial charge in [0.25, 0.3) is 0 Å². The maximum atomic E-state index is 11.6. The van der Waals surface area contributed by atoms with Gasteiger partial charge in [-0.2, -0.15) is 0 Å². The molecule has 1 N–H and O–H groups in total. The van der Waals surface area contributed by atoms with E-state index in [9.17, 15) is 13.5 Å². The molecule has 7 heteroatoms. The molecule has 25 heavy (non-hydrogen) atoms. The largest absolute Gasteiger partial charge is 0.387 e. The van der Waals surface area contributed by atoms with E-state index in [0.29, 0.717) is 5.56 Å². The van der Waals surface area contributed by atoms with Gasteiger partial charge < -0.3 is 19.8 Å². The number of sulfone groups is 1. The summed E-state index contributed by atoms with van der Waals surface area (Å²) in [5.74, 6) is -0.268. The van der Waals surface area contributed by atoms with Crippen molar-refractivity contribution in [1.29, 1.82) is 0 Å². The molecule has 2 rings (SSSR count). The van der Waals surface area contributed by atoms with Gasteiger partial charge in [-0.25, -0.2) is 8.42 Å². The Kier molecular flexibility index (Phi) is 6.21. The lowest BCUT2D eigenvalue weighted by atomic mass is 10.0. The second-order valence-corrected chi connectivity index (χ2v) is 9.54. The van der Waals surface area contributed by atoms with Crippen LogP contribution in [0.2, 0.25) is 0 Å². The number of aliphatic hydroxyl groups excluding tert-OH is 1. The second kappa shape index (κ2) is 7.83. The molecule has 6 nitrogen and oxygen atoms in total. The molecule has 0 spiro atoms. The lowest BCUT2D eigenvalue weighted by molar-refractivity contribution is 0.202. The van der Waals surface area contributed by atoms with Crippen LogP contribution in [0.25, 0.3) is 0 Å². The van der Waals surface area contributed by atoms with Crippen LogP contribution in [0, 0.1) is 0 Å². The van der Waals surface area contributed by atoms with Crippen molar-refractivity contribution in [2.24, 2.45) is 0 Å². The van der Waals surface area contributed by atoms with Crippen LogP contribution in [0.1, 0.15) is 30.9 Å². The zero-order valence-electron chi connectivity index (χ0n) is 16.0. The molecule has 0 amide bonds. The fourth-order valence-electron chi connectivity index (χ4n) is 3.32. The lowest BCUT2D eigenvalue weighted by Crippen LogP contribution is -2.32. The maximum absolute atomic E-state index is 11.6. The zero-order valence-corrected chi connectivity index (χ0v) is 16.8. The molecule has 0 saturated carbocycles. The minimum absolute atomic E-state index is 0.268. The van der Waals surface area contributed by atoms with E-state index in [1.807, 2.05) is 50.1 Å². The van der Waals surface area contributed by atoms with Crippen LogP contribution < -0.4 is 14.7 Å². The number of rotatable bonds is 6. The summed E-state index contributed by atoms with van der Waals surface area (Å²) in [6.45, 7) is 2.04. The molecular weight excluding hydrogens is 338 g/mol. The van der Waals surface area contributed by atoms with Gasteiger partial charge in [0.1, 0.15) is 9.84 Å². The van der Waals surface area contributed by atoms with Crippen LogP contribution in [-0.2, 0) is 9.84 Å². The number of anilines is 3. The van der Waals surface area contributed by atoms with Crippen molar-refractivity contribution in [2.75, 3.05) is 68.0 Å². The molecule has 1 unspecified atom stereocenters. The van der Waals surface area contributed by atoms with Crippen LogP contribution in [0.15, 0.2) is 12.1 Å². The van der Waals surface area contributed by atoms with Crippen molar-refractivity contribution < 1.29 is 13.5 Å². The molecule has 1 saturated heterocycles. The van der Waals surface area contributed by atoms with Crippen molar-refractivity contribution in [3.8, 4) is 0 Å². The van der Waals surface area contributed by atoms with E-state index in [1.165, 1.54) is 19.3 Å². The first-order valence-corrected chi connectivity index (χ1v) is 10.8. The molecule has 0 bridgehead atoms. The van der Waals surface area contributed by atoms with Crippen molar-refractivity contribution in [1.82, 2.24) is 0 Å². The van der Waals surface area contributed by atoms with Crippen LogP contribution in [0.5, 0.6) is 0 Å². The van der Waals surface area contributed by atoms with Crippen LogP contribution in [-0.4, -0.2) is 66.8 Å². The Bertz CT molecular complexity index is 667. The molecule has 0 aliphatic carbocycles. The molecule has 0 radical (unpaired) electrons. The molecule has 1 heterocycles. The van der Waals surface area contributed by atoms with Gasteiger partial charge in [-0.1, -0.05) is 0 Å². The van der Waals surface area contributed by atoms with Gasteiger partial charge in [-0.3, -0.25) is 0 Å². The highest BCUT2D eigenvalue weighted by Crippen LogP contribution is 2.41. The first kappa shape index (κ1) is 19.8. The topological polar surface area (TPSA) is 64.1 Å². The van der Waals surface area contributed by atoms with Gasteiger partial charge in [0.05, 0.1) is 28.9 Å². The Balaban J connectivity index is 2.55. The number of nitrogens with zero attached hydrogens (tertiary/aromatic N) is 3. The molecule has 1 aromatic rings. The van der Waals surface area contributed by atoms with Crippen molar-refractivity contribution >= 4 is 26.9 Å². The summed E-state index contributed by atoms with van der Waals surface area (Å²) in [6, 6.07) is 3.85. The van der Waals surface area contributed by atoms with Crippen molar-refractivity contribution in [3.05, 3.63) is 17.7 Å². The van der Waals surface area contributed by atoms with E-state index in [0.717, 1.165) is 36.4 Å². The van der Waals surface area contributed by atoms with Crippen LogP contribution in [0.3, 0.4) is 0 Å². The average Bonchev–Trinajstić information content (AvgIpc) is 2.52. The molecule has 1 aromatic carbocycles. The third kappa shape index (κ3) is 5.01. The van der Waals surface area contributed by atoms with Gasteiger partial charge in [-0.15, -0.1) is 0 Å². The van der Waals surface area contributed by atoms with E-state index in [1.54, 1.807) is 0 Å². The zero-order chi connectivity index (χ0) is 18.8. The van der Waals surface area contributed by atoms with Gasteiger partial charge >= 0.3 is 0 Å². The number of hydrogen-bond acceptors (Lipinski definition) is 6. The third-order valence-corrected chi connectivity index (χ3v) is 5.49. The fourth-order valence-corrected chi connectivity index (χ4v) is 4.09. The van der Waals surface area contributed by atoms with Gasteiger partial charge in [0, 0.05) is 47.5 Å². The average molecular weight is 370 g/mol. The normalized spacial score (nSPS) is 16.6. The summed E-state index contributed by atoms with van der Waals surface area (Å²) < 4.78 is 23.2. The Morgan fingerprint density at radius 2 is 1.52 bits per heavy atom. The summed E-state index contributed by atoms with van der Waals surface area (Å²) in [5, 5.41) is 10.4. The molecular formula is C18H31N3O3S. The van der Waals surface area contributed by atoms with E-state index in [4.69, 9.17) is 0 Å². The molecule has 1 aliphatic rings. The minimum atomic E-state index is -3.26. The summed E-state index contributed by atoms with van der Waals surface area (Å²) in [5.41, 5.74) is 3.81. The van der Waals surface area contributed by atoms with Gasteiger partial charge in [0.2, 0.25) is 0 Å². The molecule has 142 valence electrons. The van der Waals surface area contributed by atoms with E-state index in [2.05, 4.69) is 4.90 Å². The minimum Gasteiger partial charge on any atom is -0.387 e. The van der Waals surface area contributed by atoms with E-state index in [-0.39, 0.29) is 5.75 Å². The van der Waals surface area contributed by atoms with E-state index >= 15 is 0 Å². The second-order valence-electron chi connectivity index (χ2n) is 7.35. The third-order valence-electron chi connectivity index (χ3n) is 4.57. The highest BCUT2D eigenvalue weighted by atomic mass is 32.2. The lowest BCUT2D eigenvalue weighted by Gasteiger charge is -2.36. The summed E-state index contributed by atoms with van der Waals surface area (Å²) in [7, 11) is 4.67. The molecule has 1 atom stereocenters. The SMILES string of the molecule is CN(C)c1cc(C(O)CS(C)(=O)=O)cc(N(C)C)c1N1CCCCC1. The summed E-state index contributed by atoms with van der Waals surface area (Å²) in [6.07, 6.45) is 3.74. The smallest absolute Gasteiger partial charge is 0.150 e. The Hall–Kier alpha value is -1.47. The predicted octanol–water partition coefficient (Wildman–Crippen LogP) is 1.89. The van der Waals surface area contributed by atoms with Crippen molar-refractivity contribution in [2.45, 2.75) is 25.4 Å². The standard InChI is InChI=1S/C18H31N3O3S/c1-19(2)15-11-14(17(22)13-25(5,23)24)12-16(20(3)4)18(15)21-9-7-6-8-10-21/h11-12,17,22H,6-10,13H2,1-5H3. The number of piperidine rings is 1. The van der Waals surface area contributed by atoms with Gasteiger partial charge in [0.15, 0.2) is 0 Å². The quantitative estimate of drug-likeness (QED) is 0.826. The first-order valence-electron chi connectivity index (χ1n) is 8.73. The monoisotopic (exact) mass is 369 g/mol. The number of hydrogen-bond donors (Lipinski definition) is 1. The van der Waals surface area contributed by atoms with Crippen LogP contribution in [0.4, 0.5) is 17.1 Å². The maximum Gasteiger partial charge on any atom is 0.150 e. The highest BCUT2D eigenvalue weighted by Gasteiger charge is 2.24. The highest BCUT2D eigenvalue weighted by molar-refractivity contribution is 7.90. The van der Waals surface area contributed by atoms with Gasteiger partial charge in [-0.05, 0) is 37.0 Å². The Morgan fingerprint density at radius 3 is 1.92 bits per heavy atom. The Morgan fingerprint density at radius 1 is 1.04 bits per heavy atom. The first-order chi connectivity index (χ1) is 11.6. The summed E-state index contributed by atoms with van der Waals surface area (Å²) >= 11 is 0. The molecule has 1 fully saturated rings. The van der Waals surface area contributed by atoms with Crippen LogP contribution >= 0.6 is 0 Å². The predicted molar refractivity (Wildman–Crippen MR) is 106 cm³/mol. The summed E-state index contributed by atoms with van der Waals surface area (Å²) in [4.78, 5) is 6.47. The fraction of sp³-hybridized carbons (Fsp3) is 0.667.